The summed E-state index contributed by atoms with van der Waals surface area (Å²) in [5.74, 6) is 1.40. The Bertz CT molecular complexity index is 472. The van der Waals surface area contributed by atoms with E-state index in [1.807, 2.05) is 24.6 Å². The molecule has 0 unspecified atom stereocenters. The van der Waals surface area contributed by atoms with Crippen molar-refractivity contribution in [3.05, 3.63) is 29.2 Å². The van der Waals surface area contributed by atoms with Crippen LogP contribution in [-0.4, -0.2) is 19.9 Å². The summed E-state index contributed by atoms with van der Waals surface area (Å²) in [5, 5.41) is 8.26. The molecular formula is C11H16N4O. The molecule has 0 aromatic carbocycles. The molecule has 0 saturated heterocycles. The van der Waals surface area contributed by atoms with Gasteiger partial charge in [-0.3, -0.25) is 4.68 Å². The lowest BCUT2D eigenvalue weighted by Gasteiger charge is -1.98. The monoisotopic (exact) mass is 220 g/mol. The first-order valence-electron chi connectivity index (χ1n) is 5.51. The van der Waals surface area contributed by atoms with Crippen molar-refractivity contribution in [1.29, 1.82) is 0 Å². The van der Waals surface area contributed by atoms with Crippen LogP contribution in [0.15, 0.2) is 10.6 Å². The van der Waals surface area contributed by atoms with Crippen LogP contribution in [0, 0.1) is 13.8 Å². The molecule has 16 heavy (non-hydrogen) atoms. The number of hydrogen-bond acceptors (Lipinski definition) is 4. The van der Waals surface area contributed by atoms with Gasteiger partial charge in [-0.25, -0.2) is 0 Å². The molecule has 0 saturated carbocycles. The van der Waals surface area contributed by atoms with E-state index in [9.17, 15) is 0 Å². The Morgan fingerprint density at radius 1 is 1.38 bits per heavy atom. The lowest BCUT2D eigenvalue weighted by Crippen LogP contribution is -2.04. The van der Waals surface area contributed by atoms with Gasteiger partial charge >= 0.3 is 0 Å². The normalized spacial score (nSPS) is 10.9. The molecule has 0 fully saturated rings. The molecule has 5 nitrogen and oxygen atoms in total. The molecule has 0 radical (unpaired) electrons. The highest BCUT2D eigenvalue weighted by atomic mass is 16.5. The fourth-order valence-corrected chi connectivity index (χ4v) is 1.64. The van der Waals surface area contributed by atoms with Crippen molar-refractivity contribution in [3.63, 3.8) is 0 Å². The van der Waals surface area contributed by atoms with E-state index in [1.54, 1.807) is 0 Å². The molecular weight excluding hydrogens is 204 g/mol. The molecule has 5 heteroatoms. The van der Waals surface area contributed by atoms with Gasteiger partial charge in [-0.2, -0.15) is 10.1 Å². The second kappa shape index (κ2) is 4.47. The maximum atomic E-state index is 5.16. The van der Waals surface area contributed by atoms with Gasteiger partial charge in [0.1, 0.15) is 6.54 Å². The van der Waals surface area contributed by atoms with Crippen molar-refractivity contribution in [1.82, 2.24) is 19.9 Å². The van der Waals surface area contributed by atoms with Gasteiger partial charge in [0.05, 0.1) is 5.69 Å². The summed E-state index contributed by atoms with van der Waals surface area (Å²) in [4.78, 5) is 4.31. The maximum absolute atomic E-state index is 5.16. The zero-order valence-corrected chi connectivity index (χ0v) is 9.90. The Balaban J connectivity index is 2.11. The minimum absolute atomic E-state index is 0.552. The van der Waals surface area contributed by atoms with Gasteiger partial charge in [0.2, 0.25) is 5.89 Å². The second-order valence-corrected chi connectivity index (χ2v) is 3.94. The van der Waals surface area contributed by atoms with Gasteiger partial charge in [-0.05, 0) is 26.3 Å². The zero-order valence-electron chi connectivity index (χ0n) is 9.90. The minimum Gasteiger partial charge on any atom is -0.337 e. The van der Waals surface area contributed by atoms with Crippen LogP contribution in [0.2, 0.25) is 0 Å². The molecule has 86 valence electrons. The van der Waals surface area contributed by atoms with E-state index in [2.05, 4.69) is 22.2 Å². The number of nitrogens with zero attached hydrogens (tertiary/aromatic N) is 4. The fraction of sp³-hybridized carbons (Fsp3) is 0.545. The molecule has 2 aromatic rings. The average Bonchev–Trinajstić information content (AvgIpc) is 2.76. The van der Waals surface area contributed by atoms with Gasteiger partial charge in [0.25, 0.3) is 0 Å². The number of aryl methyl sites for hydroxylation is 3. The fourth-order valence-electron chi connectivity index (χ4n) is 1.64. The summed E-state index contributed by atoms with van der Waals surface area (Å²) < 4.78 is 7.04. The van der Waals surface area contributed by atoms with Crippen LogP contribution in [-0.2, 0) is 13.0 Å². The molecule has 2 heterocycles. The van der Waals surface area contributed by atoms with E-state index in [4.69, 9.17) is 4.52 Å². The largest absolute Gasteiger partial charge is 0.337 e. The Hall–Kier alpha value is -1.65. The predicted octanol–water partition coefficient (Wildman–Crippen LogP) is 1.88. The Morgan fingerprint density at radius 3 is 2.81 bits per heavy atom. The zero-order chi connectivity index (χ0) is 11.5. The topological polar surface area (TPSA) is 56.7 Å². The highest BCUT2D eigenvalue weighted by Crippen LogP contribution is 2.06. The van der Waals surface area contributed by atoms with Crippen LogP contribution in [0.5, 0.6) is 0 Å². The highest BCUT2D eigenvalue weighted by Gasteiger charge is 2.08. The summed E-state index contributed by atoms with van der Waals surface area (Å²) in [7, 11) is 0. The molecule has 0 aliphatic heterocycles. The molecule has 2 aromatic heterocycles. The summed E-state index contributed by atoms with van der Waals surface area (Å²) in [6.07, 6.45) is 1.89. The quantitative estimate of drug-likeness (QED) is 0.789. The van der Waals surface area contributed by atoms with Crippen LogP contribution in [0.25, 0.3) is 0 Å². The summed E-state index contributed by atoms with van der Waals surface area (Å²) >= 11 is 0. The van der Waals surface area contributed by atoms with E-state index in [0.29, 0.717) is 12.4 Å². The summed E-state index contributed by atoms with van der Waals surface area (Å²) in [5.41, 5.74) is 2.11. The SMILES string of the molecule is CCCc1noc(Cn2nc(C)cc2C)n1. The van der Waals surface area contributed by atoms with Crippen molar-refractivity contribution in [3.8, 4) is 0 Å². The van der Waals surface area contributed by atoms with E-state index in [0.717, 1.165) is 30.1 Å². The molecule has 2 rings (SSSR count). The van der Waals surface area contributed by atoms with E-state index in [1.165, 1.54) is 0 Å². The first kappa shape index (κ1) is 10.9. The van der Waals surface area contributed by atoms with Gasteiger partial charge < -0.3 is 4.52 Å². The van der Waals surface area contributed by atoms with Crippen molar-refractivity contribution < 1.29 is 4.52 Å². The first-order chi connectivity index (χ1) is 7.69. The Morgan fingerprint density at radius 2 is 2.19 bits per heavy atom. The van der Waals surface area contributed by atoms with Crippen LogP contribution >= 0.6 is 0 Å². The average molecular weight is 220 g/mol. The van der Waals surface area contributed by atoms with Crippen molar-refractivity contribution in [2.45, 2.75) is 40.2 Å². The van der Waals surface area contributed by atoms with Crippen molar-refractivity contribution in [2.75, 3.05) is 0 Å². The second-order valence-electron chi connectivity index (χ2n) is 3.94. The molecule has 0 amide bonds. The van der Waals surface area contributed by atoms with E-state index >= 15 is 0 Å². The number of rotatable bonds is 4. The standard InChI is InChI=1S/C11H16N4O/c1-4-5-10-12-11(16-14-10)7-15-9(3)6-8(2)13-15/h6H,4-5,7H2,1-3H3. The lowest BCUT2D eigenvalue weighted by molar-refractivity contribution is 0.359. The van der Waals surface area contributed by atoms with Crippen LogP contribution in [0.3, 0.4) is 0 Å². The predicted molar refractivity (Wildman–Crippen MR) is 59.1 cm³/mol. The molecule has 0 N–H and O–H groups in total. The third kappa shape index (κ3) is 2.29. The van der Waals surface area contributed by atoms with E-state index < -0.39 is 0 Å². The lowest BCUT2D eigenvalue weighted by atomic mass is 10.3. The van der Waals surface area contributed by atoms with Crippen molar-refractivity contribution >= 4 is 0 Å². The molecule has 0 aliphatic rings. The molecule has 0 aliphatic carbocycles. The van der Waals surface area contributed by atoms with Crippen LogP contribution in [0.4, 0.5) is 0 Å². The first-order valence-corrected chi connectivity index (χ1v) is 5.51. The minimum atomic E-state index is 0.552. The number of hydrogen-bond donors (Lipinski definition) is 0. The van der Waals surface area contributed by atoms with Gasteiger partial charge in [-0.15, -0.1) is 0 Å². The van der Waals surface area contributed by atoms with Crippen molar-refractivity contribution in [2.24, 2.45) is 0 Å². The van der Waals surface area contributed by atoms with Gasteiger partial charge in [0, 0.05) is 12.1 Å². The Kier molecular flexibility index (Phi) is 3.03. The Labute approximate surface area is 94.5 Å². The molecule has 0 spiro atoms. The van der Waals surface area contributed by atoms with Crippen LogP contribution < -0.4 is 0 Å². The number of aromatic nitrogens is 4. The summed E-state index contributed by atoms with van der Waals surface area (Å²) in [6.45, 7) is 6.64. The van der Waals surface area contributed by atoms with E-state index in [-0.39, 0.29) is 0 Å². The van der Waals surface area contributed by atoms with Crippen LogP contribution in [0.1, 0.15) is 36.4 Å². The molecule has 0 bridgehead atoms. The maximum Gasteiger partial charge on any atom is 0.248 e. The third-order valence-corrected chi connectivity index (χ3v) is 2.37. The smallest absolute Gasteiger partial charge is 0.248 e. The summed E-state index contributed by atoms with van der Waals surface area (Å²) in [6, 6.07) is 2.03. The third-order valence-electron chi connectivity index (χ3n) is 2.37. The molecule has 0 atom stereocenters. The highest BCUT2D eigenvalue weighted by molar-refractivity contribution is 5.07. The van der Waals surface area contributed by atoms with Gasteiger partial charge in [-0.1, -0.05) is 12.1 Å². The van der Waals surface area contributed by atoms with Gasteiger partial charge in [0.15, 0.2) is 5.82 Å².